The molecule has 0 bridgehead atoms. The Kier molecular flexibility index (Phi) is 3.38. The van der Waals surface area contributed by atoms with Gasteiger partial charge in [-0.3, -0.25) is 4.79 Å². The van der Waals surface area contributed by atoms with Gasteiger partial charge in [0.1, 0.15) is 5.69 Å². The van der Waals surface area contributed by atoms with Crippen molar-refractivity contribution >= 4 is 11.9 Å². The number of carbonyl (C=O) groups is 2. The number of nitrogens with zero attached hydrogens (tertiary/aromatic N) is 1. The van der Waals surface area contributed by atoms with Gasteiger partial charge in [-0.15, -0.1) is 0 Å². The Bertz CT molecular complexity index is 537. The normalized spacial score (nSPS) is 11.8. The molecule has 1 aromatic heterocycles. The first kappa shape index (κ1) is 11.8. The van der Waals surface area contributed by atoms with Crippen LogP contribution in [0.3, 0.4) is 0 Å². The van der Waals surface area contributed by atoms with Gasteiger partial charge in [-0.1, -0.05) is 30.3 Å². The summed E-state index contributed by atoms with van der Waals surface area (Å²) in [6.45, 7) is 0. The number of carbonyl (C=O) groups excluding carboxylic acids is 1. The van der Waals surface area contributed by atoms with Gasteiger partial charge in [0.15, 0.2) is 6.04 Å². The summed E-state index contributed by atoms with van der Waals surface area (Å²) in [6.07, 6.45) is 2.69. The number of carboxylic acid groups (broad SMARTS) is 1. The van der Waals surface area contributed by atoms with Crippen LogP contribution in [0.4, 0.5) is 0 Å². The molecule has 92 valence electrons. The van der Waals surface area contributed by atoms with Crippen molar-refractivity contribution < 1.29 is 14.7 Å². The molecule has 0 saturated heterocycles. The average Bonchev–Trinajstić information content (AvgIpc) is 2.90. The van der Waals surface area contributed by atoms with E-state index in [-0.39, 0.29) is 5.69 Å². The second-order valence-electron chi connectivity index (χ2n) is 3.62. The minimum atomic E-state index is -1.12. The molecule has 1 atom stereocenters. The number of amides is 1. The van der Waals surface area contributed by atoms with Crippen LogP contribution in [0.5, 0.6) is 0 Å². The number of aromatic amines is 1. The van der Waals surface area contributed by atoms with Crippen LogP contribution in [0.2, 0.25) is 0 Å². The van der Waals surface area contributed by atoms with Gasteiger partial charge >= 0.3 is 5.97 Å². The number of H-pyrrole nitrogens is 1. The molecule has 1 aromatic carbocycles. The third-order valence-corrected chi connectivity index (χ3v) is 2.40. The van der Waals surface area contributed by atoms with Crippen LogP contribution >= 0.6 is 0 Å². The van der Waals surface area contributed by atoms with Crippen LogP contribution in [-0.4, -0.2) is 27.0 Å². The molecule has 18 heavy (non-hydrogen) atoms. The Morgan fingerprint density at radius 2 is 2.00 bits per heavy atom. The van der Waals surface area contributed by atoms with Gasteiger partial charge in [0, 0.05) is 0 Å². The summed E-state index contributed by atoms with van der Waals surface area (Å²) < 4.78 is 0. The minimum Gasteiger partial charge on any atom is -0.479 e. The quantitative estimate of drug-likeness (QED) is 0.747. The first-order valence-electron chi connectivity index (χ1n) is 5.25. The van der Waals surface area contributed by atoms with Crippen LogP contribution in [0.25, 0.3) is 0 Å². The molecule has 0 unspecified atom stereocenters. The number of carboxylic acids is 1. The molecule has 0 saturated carbocycles. The number of aliphatic carboxylic acids is 1. The predicted octanol–water partition coefficient (Wildman–Crippen LogP) is 0.965. The van der Waals surface area contributed by atoms with Gasteiger partial charge < -0.3 is 15.4 Å². The fourth-order valence-corrected chi connectivity index (χ4v) is 1.52. The Balaban J connectivity index is 2.18. The van der Waals surface area contributed by atoms with Gasteiger partial charge in [-0.25, -0.2) is 9.78 Å². The molecule has 2 rings (SSSR count). The second kappa shape index (κ2) is 5.13. The number of rotatable bonds is 4. The second-order valence-corrected chi connectivity index (χ2v) is 3.62. The maximum absolute atomic E-state index is 11.7. The summed E-state index contributed by atoms with van der Waals surface area (Å²) in [6, 6.07) is 7.42. The predicted molar refractivity (Wildman–Crippen MR) is 62.9 cm³/mol. The molecule has 0 fully saturated rings. The van der Waals surface area contributed by atoms with Crippen molar-refractivity contribution in [2.24, 2.45) is 0 Å². The number of aromatic nitrogens is 2. The first-order valence-corrected chi connectivity index (χ1v) is 5.25. The van der Waals surface area contributed by atoms with Crippen LogP contribution in [0.15, 0.2) is 42.9 Å². The fraction of sp³-hybridized carbons (Fsp3) is 0.0833. The average molecular weight is 245 g/mol. The molecule has 1 heterocycles. The van der Waals surface area contributed by atoms with Gasteiger partial charge in [-0.05, 0) is 5.56 Å². The highest BCUT2D eigenvalue weighted by Crippen LogP contribution is 2.13. The zero-order valence-corrected chi connectivity index (χ0v) is 9.33. The van der Waals surface area contributed by atoms with E-state index in [1.54, 1.807) is 30.3 Å². The molecule has 0 aliphatic rings. The van der Waals surface area contributed by atoms with E-state index in [4.69, 9.17) is 5.11 Å². The topological polar surface area (TPSA) is 95.1 Å². The van der Waals surface area contributed by atoms with Crippen molar-refractivity contribution in [3.8, 4) is 0 Å². The largest absolute Gasteiger partial charge is 0.479 e. The van der Waals surface area contributed by atoms with E-state index in [1.165, 1.54) is 12.5 Å². The van der Waals surface area contributed by atoms with Gasteiger partial charge in [0.2, 0.25) is 0 Å². The number of hydrogen-bond acceptors (Lipinski definition) is 3. The zero-order chi connectivity index (χ0) is 13.0. The number of nitrogens with one attached hydrogen (secondary N) is 2. The van der Waals surface area contributed by atoms with E-state index in [0.29, 0.717) is 5.56 Å². The SMILES string of the molecule is O=C(N[C@H](C(=O)O)c1ccccc1)c1cnc[nH]1. The summed E-state index contributed by atoms with van der Waals surface area (Å²) in [4.78, 5) is 29.2. The van der Waals surface area contributed by atoms with Crippen molar-refractivity contribution in [2.45, 2.75) is 6.04 Å². The summed E-state index contributed by atoms with van der Waals surface area (Å²) in [5, 5.41) is 11.6. The molecule has 6 heteroatoms. The fourth-order valence-electron chi connectivity index (χ4n) is 1.52. The number of benzene rings is 1. The van der Waals surface area contributed by atoms with E-state index in [1.807, 2.05) is 0 Å². The molecule has 1 amide bonds. The number of imidazole rings is 1. The van der Waals surface area contributed by atoms with E-state index in [9.17, 15) is 9.59 Å². The Hall–Kier alpha value is -2.63. The van der Waals surface area contributed by atoms with Gasteiger partial charge in [0.25, 0.3) is 5.91 Å². The summed E-state index contributed by atoms with van der Waals surface area (Å²) in [5.41, 5.74) is 0.732. The van der Waals surface area contributed by atoms with E-state index >= 15 is 0 Å². The minimum absolute atomic E-state index is 0.220. The van der Waals surface area contributed by atoms with E-state index in [2.05, 4.69) is 15.3 Å². The van der Waals surface area contributed by atoms with E-state index in [0.717, 1.165) is 0 Å². The maximum Gasteiger partial charge on any atom is 0.330 e. The first-order chi connectivity index (χ1) is 8.68. The molecule has 2 aromatic rings. The Morgan fingerprint density at radius 3 is 2.56 bits per heavy atom. The maximum atomic E-state index is 11.7. The van der Waals surface area contributed by atoms with Crippen molar-refractivity contribution in [1.82, 2.24) is 15.3 Å². The molecular weight excluding hydrogens is 234 g/mol. The highest BCUT2D eigenvalue weighted by atomic mass is 16.4. The lowest BCUT2D eigenvalue weighted by atomic mass is 10.1. The third kappa shape index (κ3) is 2.54. The molecule has 0 aliphatic heterocycles. The molecule has 0 aliphatic carbocycles. The highest BCUT2D eigenvalue weighted by molar-refractivity contribution is 5.95. The van der Waals surface area contributed by atoms with Crippen LogP contribution in [0, 0.1) is 0 Å². The highest BCUT2D eigenvalue weighted by Gasteiger charge is 2.22. The number of hydrogen-bond donors (Lipinski definition) is 3. The lowest BCUT2D eigenvalue weighted by molar-refractivity contribution is -0.139. The van der Waals surface area contributed by atoms with Crippen LogP contribution in [-0.2, 0) is 4.79 Å². The smallest absolute Gasteiger partial charge is 0.330 e. The van der Waals surface area contributed by atoms with Crippen LogP contribution in [0.1, 0.15) is 22.1 Å². The van der Waals surface area contributed by atoms with Crippen molar-refractivity contribution in [2.75, 3.05) is 0 Å². The van der Waals surface area contributed by atoms with Gasteiger partial charge in [-0.2, -0.15) is 0 Å². The zero-order valence-electron chi connectivity index (χ0n) is 9.33. The Morgan fingerprint density at radius 1 is 1.28 bits per heavy atom. The molecular formula is C12H11N3O3. The lowest BCUT2D eigenvalue weighted by Crippen LogP contribution is -2.33. The lowest BCUT2D eigenvalue weighted by Gasteiger charge is -2.13. The monoisotopic (exact) mass is 245 g/mol. The summed E-state index contributed by atoms with van der Waals surface area (Å²) in [5.74, 6) is -1.63. The molecule has 0 radical (unpaired) electrons. The van der Waals surface area contributed by atoms with Crippen LogP contribution < -0.4 is 5.32 Å². The summed E-state index contributed by atoms with van der Waals surface area (Å²) in [7, 11) is 0. The summed E-state index contributed by atoms with van der Waals surface area (Å²) >= 11 is 0. The van der Waals surface area contributed by atoms with Crippen molar-refractivity contribution in [3.05, 3.63) is 54.1 Å². The third-order valence-electron chi connectivity index (χ3n) is 2.40. The van der Waals surface area contributed by atoms with Crippen molar-refractivity contribution in [1.29, 1.82) is 0 Å². The van der Waals surface area contributed by atoms with E-state index < -0.39 is 17.9 Å². The van der Waals surface area contributed by atoms with Gasteiger partial charge in [0.05, 0.1) is 12.5 Å². The molecule has 3 N–H and O–H groups in total. The van der Waals surface area contributed by atoms with Crippen molar-refractivity contribution in [3.63, 3.8) is 0 Å². The standard InChI is InChI=1S/C12H11N3O3/c16-11(9-6-13-7-14-9)15-10(12(17)18)8-4-2-1-3-5-8/h1-7,10H,(H,13,14)(H,15,16)(H,17,18)/t10-/m0/s1. The molecule has 0 spiro atoms. The molecule has 6 nitrogen and oxygen atoms in total. The Labute approximate surface area is 103 Å².